The van der Waals surface area contributed by atoms with Gasteiger partial charge in [-0.05, 0) is 19.3 Å². The Kier molecular flexibility index (Phi) is 2.77. The van der Waals surface area contributed by atoms with E-state index in [2.05, 4.69) is 25.3 Å². The minimum atomic E-state index is -0.0139. The van der Waals surface area contributed by atoms with Crippen LogP contribution in [0.5, 0.6) is 11.8 Å². The van der Waals surface area contributed by atoms with Crippen LogP contribution < -0.4 is 0 Å². The molecule has 19 heavy (non-hydrogen) atoms. The molecule has 3 nitrogen and oxygen atoms in total. The molecule has 2 aliphatic rings. The molecule has 3 rings (SSSR count). The monoisotopic (exact) mass is 257 g/mol. The topological polar surface area (TPSA) is 45.4 Å². The van der Waals surface area contributed by atoms with E-state index in [1.165, 1.54) is 0 Å². The van der Waals surface area contributed by atoms with Crippen molar-refractivity contribution in [2.45, 2.75) is 37.1 Å². The summed E-state index contributed by atoms with van der Waals surface area (Å²) in [5.41, 5.74) is 1.84. The van der Waals surface area contributed by atoms with E-state index in [1.807, 2.05) is 12.2 Å². The lowest BCUT2D eigenvalue weighted by Crippen LogP contribution is -2.07. The highest BCUT2D eigenvalue weighted by molar-refractivity contribution is 5.59. The van der Waals surface area contributed by atoms with Gasteiger partial charge in [-0.3, -0.25) is 4.57 Å². The number of fused-ring (bicyclic) bond motifs is 5. The summed E-state index contributed by atoms with van der Waals surface area (Å²) >= 11 is 0. The maximum Gasteiger partial charge on any atom is 0.198 e. The van der Waals surface area contributed by atoms with Crippen LogP contribution in [0.1, 0.15) is 48.3 Å². The van der Waals surface area contributed by atoms with Crippen molar-refractivity contribution in [3.05, 3.63) is 48.6 Å². The summed E-state index contributed by atoms with van der Waals surface area (Å²) in [5.74, 6) is 0.969. The fourth-order valence-electron chi connectivity index (χ4n) is 3.50. The Balaban J connectivity index is 2.08. The summed E-state index contributed by atoms with van der Waals surface area (Å²) in [6.45, 7) is 7.50. The molecule has 0 aliphatic heterocycles. The standard InChI is InChI=1S/C16H19NO2/c1-3-5-12(6-4-2)17-15(18)13-10-7-8-11(9-10)14(13)16(17)19/h3-4,7-8,10-12,18-19H,1-2,5-6,9H2. The number of aromatic hydroxyl groups is 2. The average molecular weight is 257 g/mol. The van der Waals surface area contributed by atoms with Gasteiger partial charge in [-0.1, -0.05) is 24.3 Å². The van der Waals surface area contributed by atoms with Crippen LogP contribution in [-0.4, -0.2) is 14.8 Å². The number of hydrogen-bond acceptors (Lipinski definition) is 2. The van der Waals surface area contributed by atoms with Gasteiger partial charge >= 0.3 is 0 Å². The zero-order valence-electron chi connectivity index (χ0n) is 10.9. The first-order chi connectivity index (χ1) is 9.19. The van der Waals surface area contributed by atoms with E-state index in [-0.39, 0.29) is 29.6 Å². The lowest BCUT2D eigenvalue weighted by molar-refractivity contribution is 0.327. The number of rotatable bonds is 5. The summed E-state index contributed by atoms with van der Waals surface area (Å²) in [5, 5.41) is 21.0. The SMILES string of the molecule is C=CCC(CC=C)n1c(O)c2c(c1O)C1C=CC2C1. The Morgan fingerprint density at radius 2 is 1.58 bits per heavy atom. The minimum absolute atomic E-state index is 0.0139. The van der Waals surface area contributed by atoms with Gasteiger partial charge in [0, 0.05) is 29.0 Å². The molecular formula is C16H19NO2. The number of nitrogens with zero attached hydrogens (tertiary/aromatic N) is 1. The Morgan fingerprint density at radius 1 is 1.11 bits per heavy atom. The van der Waals surface area contributed by atoms with E-state index < -0.39 is 0 Å². The Hall–Kier alpha value is -1.90. The predicted molar refractivity (Wildman–Crippen MR) is 75.7 cm³/mol. The zero-order chi connectivity index (χ0) is 13.6. The second kappa shape index (κ2) is 4.34. The second-order valence-corrected chi connectivity index (χ2v) is 5.38. The summed E-state index contributed by atoms with van der Waals surface area (Å²) in [7, 11) is 0. The summed E-state index contributed by atoms with van der Waals surface area (Å²) in [4.78, 5) is 0. The first kappa shape index (κ1) is 12.2. The molecule has 0 spiro atoms. The van der Waals surface area contributed by atoms with Gasteiger partial charge in [-0.15, -0.1) is 13.2 Å². The van der Waals surface area contributed by atoms with Crippen LogP contribution in [0.4, 0.5) is 0 Å². The van der Waals surface area contributed by atoms with Crippen LogP contribution in [0, 0.1) is 0 Å². The van der Waals surface area contributed by atoms with Crippen molar-refractivity contribution in [1.29, 1.82) is 0 Å². The fraction of sp³-hybridized carbons (Fsp3) is 0.375. The van der Waals surface area contributed by atoms with Gasteiger partial charge < -0.3 is 10.2 Å². The zero-order valence-corrected chi connectivity index (χ0v) is 10.9. The summed E-state index contributed by atoms with van der Waals surface area (Å²) in [6.07, 6.45) is 10.3. The molecule has 0 radical (unpaired) electrons. The Bertz CT molecular complexity index is 522. The van der Waals surface area contributed by atoms with E-state index in [9.17, 15) is 10.2 Å². The van der Waals surface area contributed by atoms with Crippen molar-refractivity contribution in [2.75, 3.05) is 0 Å². The van der Waals surface area contributed by atoms with Crippen LogP contribution in [-0.2, 0) is 0 Å². The lowest BCUT2D eigenvalue weighted by atomic mass is 10.0. The molecule has 1 aromatic rings. The van der Waals surface area contributed by atoms with Crippen molar-refractivity contribution >= 4 is 0 Å². The molecule has 0 aromatic carbocycles. The van der Waals surface area contributed by atoms with Gasteiger partial charge in [-0.2, -0.15) is 0 Å². The molecule has 0 amide bonds. The fourth-order valence-corrected chi connectivity index (χ4v) is 3.50. The summed E-state index contributed by atoms with van der Waals surface area (Å²) in [6, 6.07) is -0.0139. The van der Waals surface area contributed by atoms with Crippen LogP contribution in [0.25, 0.3) is 0 Å². The Morgan fingerprint density at radius 3 is 2.00 bits per heavy atom. The van der Waals surface area contributed by atoms with Gasteiger partial charge in [0.05, 0.1) is 0 Å². The quantitative estimate of drug-likeness (QED) is 0.789. The average Bonchev–Trinajstić information content (AvgIpc) is 3.04. The smallest absolute Gasteiger partial charge is 0.198 e. The molecule has 2 N–H and O–H groups in total. The first-order valence-electron chi connectivity index (χ1n) is 6.75. The largest absolute Gasteiger partial charge is 0.494 e. The molecule has 0 saturated carbocycles. The Labute approximate surface area is 113 Å². The van der Waals surface area contributed by atoms with Gasteiger partial charge in [-0.25, -0.2) is 0 Å². The second-order valence-electron chi connectivity index (χ2n) is 5.38. The van der Waals surface area contributed by atoms with Crippen LogP contribution >= 0.6 is 0 Å². The number of aromatic nitrogens is 1. The van der Waals surface area contributed by atoms with E-state index in [0.717, 1.165) is 17.5 Å². The lowest BCUT2D eigenvalue weighted by Gasteiger charge is -2.19. The third kappa shape index (κ3) is 1.57. The molecule has 0 fully saturated rings. The van der Waals surface area contributed by atoms with Gasteiger partial charge in [0.1, 0.15) is 0 Å². The highest BCUT2D eigenvalue weighted by atomic mass is 16.3. The van der Waals surface area contributed by atoms with Crippen molar-refractivity contribution in [3.8, 4) is 11.8 Å². The molecule has 1 heterocycles. The van der Waals surface area contributed by atoms with E-state index >= 15 is 0 Å². The maximum atomic E-state index is 10.5. The highest BCUT2D eigenvalue weighted by Gasteiger charge is 2.41. The molecule has 2 bridgehead atoms. The predicted octanol–water partition coefficient (Wildman–Crippen LogP) is 3.73. The third-order valence-corrected chi connectivity index (χ3v) is 4.30. The van der Waals surface area contributed by atoms with Crippen molar-refractivity contribution in [2.24, 2.45) is 0 Å². The number of allylic oxidation sites excluding steroid dienone is 4. The van der Waals surface area contributed by atoms with E-state index in [4.69, 9.17) is 0 Å². The van der Waals surface area contributed by atoms with Gasteiger partial charge in [0.25, 0.3) is 0 Å². The summed E-state index contributed by atoms with van der Waals surface area (Å²) < 4.78 is 1.65. The van der Waals surface area contributed by atoms with E-state index in [0.29, 0.717) is 12.8 Å². The van der Waals surface area contributed by atoms with Crippen molar-refractivity contribution in [1.82, 2.24) is 4.57 Å². The molecule has 0 saturated heterocycles. The van der Waals surface area contributed by atoms with Crippen LogP contribution in [0.15, 0.2) is 37.5 Å². The van der Waals surface area contributed by atoms with Crippen molar-refractivity contribution in [3.63, 3.8) is 0 Å². The first-order valence-corrected chi connectivity index (χ1v) is 6.75. The third-order valence-electron chi connectivity index (χ3n) is 4.30. The van der Waals surface area contributed by atoms with Gasteiger partial charge in [0.15, 0.2) is 11.8 Å². The number of hydrogen-bond donors (Lipinski definition) is 2. The molecule has 100 valence electrons. The highest BCUT2D eigenvalue weighted by Crippen LogP contribution is 2.57. The van der Waals surface area contributed by atoms with Crippen molar-refractivity contribution < 1.29 is 10.2 Å². The van der Waals surface area contributed by atoms with Crippen LogP contribution in [0.3, 0.4) is 0 Å². The molecule has 2 atom stereocenters. The van der Waals surface area contributed by atoms with Gasteiger partial charge in [0.2, 0.25) is 0 Å². The molecule has 2 aliphatic carbocycles. The molecule has 2 unspecified atom stereocenters. The molecule has 3 heteroatoms. The molecular weight excluding hydrogens is 238 g/mol. The molecule has 1 aromatic heterocycles. The maximum absolute atomic E-state index is 10.5. The minimum Gasteiger partial charge on any atom is -0.494 e. The van der Waals surface area contributed by atoms with Crippen LogP contribution in [0.2, 0.25) is 0 Å². The van der Waals surface area contributed by atoms with E-state index in [1.54, 1.807) is 4.57 Å². The normalized spacial score (nSPS) is 23.0.